The van der Waals surface area contributed by atoms with Gasteiger partial charge in [0.1, 0.15) is 5.75 Å². The van der Waals surface area contributed by atoms with Crippen LogP contribution in [0.1, 0.15) is 33.6 Å². The van der Waals surface area contributed by atoms with Crippen LogP contribution in [-0.2, 0) is 0 Å². The molecule has 0 radical (unpaired) electrons. The van der Waals surface area contributed by atoms with E-state index in [0.717, 1.165) is 59.3 Å². The van der Waals surface area contributed by atoms with Gasteiger partial charge in [-0.3, -0.25) is 0 Å². The molecule has 0 aliphatic carbocycles. The lowest BCUT2D eigenvalue weighted by Gasteiger charge is -2.21. The minimum absolute atomic E-state index is 0. The Morgan fingerprint density at radius 2 is 1.80 bits per heavy atom. The molecule has 1 heterocycles. The van der Waals surface area contributed by atoms with Crippen LogP contribution in [0.5, 0.6) is 5.75 Å². The number of halogens is 3. The maximum Gasteiger partial charge on any atom is 0.119 e. The van der Waals surface area contributed by atoms with E-state index in [1.807, 2.05) is 30.3 Å². The highest BCUT2D eigenvalue weighted by atomic mass is 35.5. The van der Waals surface area contributed by atoms with Crippen LogP contribution in [0.25, 0.3) is 21.8 Å². The second-order valence-electron chi connectivity index (χ2n) is 7.28. The van der Waals surface area contributed by atoms with Crippen LogP contribution >= 0.6 is 36.4 Å². The van der Waals surface area contributed by atoms with Crippen molar-refractivity contribution in [3.8, 4) is 5.75 Å². The SMILES string of the molecule is CCN(CC)CCCC(C)Nc1cc(Cl)cc2nc3ccc(OC)cc3cc12.Cl.Cl. The lowest BCUT2D eigenvalue weighted by atomic mass is 10.1. The normalized spacial score (nSPS) is 11.8. The molecule has 1 unspecified atom stereocenters. The molecule has 3 rings (SSSR count). The number of ether oxygens (including phenoxy) is 1. The van der Waals surface area contributed by atoms with Crippen LogP contribution in [0.4, 0.5) is 5.69 Å². The van der Waals surface area contributed by atoms with Crippen LogP contribution in [0.2, 0.25) is 5.02 Å². The number of nitrogens with zero attached hydrogens (tertiary/aromatic N) is 2. The zero-order chi connectivity index (χ0) is 20.1. The molecule has 0 saturated heterocycles. The first-order valence-corrected chi connectivity index (χ1v) is 10.5. The molecule has 2 aromatic carbocycles. The Bertz CT molecular complexity index is 948. The van der Waals surface area contributed by atoms with E-state index in [2.05, 4.69) is 37.1 Å². The monoisotopic (exact) mass is 471 g/mol. The first-order chi connectivity index (χ1) is 13.5. The van der Waals surface area contributed by atoms with Crippen molar-refractivity contribution >= 4 is 63.9 Å². The lowest BCUT2D eigenvalue weighted by Crippen LogP contribution is -2.25. The summed E-state index contributed by atoms with van der Waals surface area (Å²) in [7, 11) is 1.68. The first-order valence-electron chi connectivity index (χ1n) is 10.1. The predicted octanol–water partition coefficient (Wildman–Crippen LogP) is 6.82. The Labute approximate surface area is 197 Å². The summed E-state index contributed by atoms with van der Waals surface area (Å²) < 4.78 is 5.36. The topological polar surface area (TPSA) is 37.4 Å². The molecular weight excluding hydrogens is 441 g/mol. The number of pyridine rings is 1. The summed E-state index contributed by atoms with van der Waals surface area (Å²) in [4.78, 5) is 7.27. The number of anilines is 1. The highest BCUT2D eigenvalue weighted by Gasteiger charge is 2.11. The molecule has 0 amide bonds. The maximum absolute atomic E-state index is 6.38. The predicted molar refractivity (Wildman–Crippen MR) is 135 cm³/mol. The average Bonchev–Trinajstić information content (AvgIpc) is 2.69. The number of hydrogen-bond acceptors (Lipinski definition) is 4. The van der Waals surface area contributed by atoms with E-state index in [4.69, 9.17) is 21.3 Å². The average molecular weight is 473 g/mol. The van der Waals surface area contributed by atoms with Gasteiger partial charge in [0.15, 0.2) is 0 Å². The van der Waals surface area contributed by atoms with Crippen LogP contribution in [0.15, 0.2) is 36.4 Å². The van der Waals surface area contributed by atoms with Crippen molar-refractivity contribution in [1.82, 2.24) is 9.88 Å². The first kappa shape index (κ1) is 26.6. The van der Waals surface area contributed by atoms with E-state index in [1.165, 1.54) is 6.42 Å². The van der Waals surface area contributed by atoms with Gasteiger partial charge in [0.05, 0.1) is 18.1 Å². The smallest absolute Gasteiger partial charge is 0.119 e. The second kappa shape index (κ2) is 12.4. The third-order valence-corrected chi connectivity index (χ3v) is 5.52. The van der Waals surface area contributed by atoms with Crippen molar-refractivity contribution in [2.75, 3.05) is 32.1 Å². The molecule has 30 heavy (non-hydrogen) atoms. The van der Waals surface area contributed by atoms with Gasteiger partial charge in [0, 0.05) is 27.5 Å². The number of hydrogen-bond donors (Lipinski definition) is 1. The quantitative estimate of drug-likeness (QED) is 0.347. The highest BCUT2D eigenvalue weighted by Crippen LogP contribution is 2.31. The van der Waals surface area contributed by atoms with E-state index < -0.39 is 0 Å². The molecule has 7 heteroatoms. The molecule has 0 spiro atoms. The van der Waals surface area contributed by atoms with Crippen molar-refractivity contribution in [2.45, 2.75) is 39.7 Å². The van der Waals surface area contributed by atoms with E-state index in [-0.39, 0.29) is 24.8 Å². The molecule has 1 N–H and O–H groups in total. The fourth-order valence-corrected chi connectivity index (χ4v) is 3.84. The number of benzene rings is 2. The van der Waals surface area contributed by atoms with Crippen LogP contribution in [-0.4, -0.2) is 42.7 Å². The van der Waals surface area contributed by atoms with Gasteiger partial charge < -0.3 is 15.0 Å². The fourth-order valence-electron chi connectivity index (χ4n) is 3.63. The zero-order valence-electron chi connectivity index (χ0n) is 18.1. The van der Waals surface area contributed by atoms with Crippen LogP contribution in [0.3, 0.4) is 0 Å². The summed E-state index contributed by atoms with van der Waals surface area (Å²) in [5.41, 5.74) is 2.88. The molecule has 0 bridgehead atoms. The van der Waals surface area contributed by atoms with Gasteiger partial charge in [0.2, 0.25) is 0 Å². The molecule has 166 valence electrons. The van der Waals surface area contributed by atoms with Gasteiger partial charge in [-0.05, 0) is 75.8 Å². The summed E-state index contributed by atoms with van der Waals surface area (Å²) in [5.74, 6) is 0.835. The number of fused-ring (bicyclic) bond motifs is 2. The van der Waals surface area contributed by atoms with Crippen LogP contribution < -0.4 is 10.1 Å². The van der Waals surface area contributed by atoms with Gasteiger partial charge in [-0.1, -0.05) is 25.4 Å². The van der Waals surface area contributed by atoms with Crippen molar-refractivity contribution in [3.05, 3.63) is 41.4 Å². The Morgan fingerprint density at radius 3 is 2.47 bits per heavy atom. The Hall–Kier alpha value is -1.46. The molecule has 1 aromatic heterocycles. The minimum Gasteiger partial charge on any atom is -0.497 e. The van der Waals surface area contributed by atoms with E-state index >= 15 is 0 Å². The molecule has 0 aliphatic rings. The highest BCUT2D eigenvalue weighted by molar-refractivity contribution is 6.32. The van der Waals surface area contributed by atoms with Gasteiger partial charge in [-0.2, -0.15) is 0 Å². The molecule has 0 aliphatic heterocycles. The van der Waals surface area contributed by atoms with Gasteiger partial charge in [-0.15, -0.1) is 24.8 Å². The summed E-state index contributed by atoms with van der Waals surface area (Å²) in [6, 6.07) is 12.4. The number of methoxy groups -OCH3 is 1. The molecule has 1 atom stereocenters. The lowest BCUT2D eigenvalue weighted by molar-refractivity contribution is 0.295. The Morgan fingerprint density at radius 1 is 1.07 bits per heavy atom. The minimum atomic E-state index is 0. The fraction of sp³-hybridized carbons (Fsp3) is 0.435. The zero-order valence-corrected chi connectivity index (χ0v) is 20.5. The Kier molecular flexibility index (Phi) is 11.0. The number of rotatable bonds is 9. The molecule has 0 saturated carbocycles. The largest absolute Gasteiger partial charge is 0.497 e. The second-order valence-corrected chi connectivity index (χ2v) is 7.72. The summed E-state index contributed by atoms with van der Waals surface area (Å²) in [6.07, 6.45) is 2.28. The van der Waals surface area contributed by atoms with Gasteiger partial charge in [0.25, 0.3) is 0 Å². The van der Waals surface area contributed by atoms with E-state index in [9.17, 15) is 0 Å². The van der Waals surface area contributed by atoms with Gasteiger partial charge >= 0.3 is 0 Å². The van der Waals surface area contributed by atoms with Crippen molar-refractivity contribution in [2.24, 2.45) is 0 Å². The number of aromatic nitrogens is 1. The van der Waals surface area contributed by atoms with Crippen molar-refractivity contribution in [1.29, 1.82) is 0 Å². The van der Waals surface area contributed by atoms with E-state index in [1.54, 1.807) is 7.11 Å². The third kappa shape index (κ3) is 6.52. The Balaban J connectivity index is 0.00000225. The third-order valence-electron chi connectivity index (χ3n) is 5.31. The number of nitrogens with one attached hydrogen (secondary N) is 1. The standard InChI is InChI=1S/C23H30ClN3O.2ClH/c1-5-27(6-2)11-7-8-16(3)25-22-14-18(24)15-23-20(22)13-17-12-19(28-4)9-10-21(17)26-23;;/h9-10,12-16,25H,5-8,11H2,1-4H3;2*1H. The molecule has 4 nitrogen and oxygen atoms in total. The van der Waals surface area contributed by atoms with Crippen molar-refractivity contribution in [3.63, 3.8) is 0 Å². The summed E-state index contributed by atoms with van der Waals surface area (Å²) >= 11 is 6.38. The van der Waals surface area contributed by atoms with Gasteiger partial charge in [-0.25, -0.2) is 4.98 Å². The molecular formula is C23H32Cl3N3O. The van der Waals surface area contributed by atoms with Crippen molar-refractivity contribution < 1.29 is 4.74 Å². The summed E-state index contributed by atoms with van der Waals surface area (Å²) in [5, 5.41) is 6.50. The van der Waals surface area contributed by atoms with E-state index in [0.29, 0.717) is 11.1 Å². The molecule has 3 aromatic rings. The van der Waals surface area contributed by atoms with Crippen LogP contribution in [0, 0.1) is 0 Å². The summed E-state index contributed by atoms with van der Waals surface area (Å²) in [6.45, 7) is 10.0. The maximum atomic E-state index is 6.38. The molecule has 0 fully saturated rings.